The van der Waals surface area contributed by atoms with Crippen LogP contribution in [0.3, 0.4) is 0 Å². The van der Waals surface area contributed by atoms with Crippen molar-refractivity contribution in [2.45, 2.75) is 31.7 Å². The van der Waals surface area contributed by atoms with Crippen molar-refractivity contribution in [1.29, 1.82) is 0 Å². The monoisotopic (exact) mass is 252 g/mol. The summed E-state index contributed by atoms with van der Waals surface area (Å²) in [7, 11) is 0. The maximum absolute atomic E-state index is 12.0. The number of rotatable bonds is 5. The molecule has 4 nitrogen and oxygen atoms in total. The van der Waals surface area contributed by atoms with Crippen LogP contribution in [-0.4, -0.2) is 43.5 Å². The highest BCUT2D eigenvalue weighted by Gasteiger charge is 2.46. The summed E-state index contributed by atoms with van der Waals surface area (Å²) in [5.74, 6) is 0. The van der Waals surface area contributed by atoms with Crippen LogP contribution in [0.4, 0.5) is 13.2 Å². The van der Waals surface area contributed by atoms with E-state index < -0.39 is 12.5 Å². The Morgan fingerprint density at radius 3 is 2.65 bits per heavy atom. The Morgan fingerprint density at radius 1 is 1.41 bits per heavy atom. The van der Waals surface area contributed by atoms with E-state index in [0.29, 0.717) is 26.1 Å². The second-order valence-corrected chi connectivity index (χ2v) is 5.00. The van der Waals surface area contributed by atoms with Crippen molar-refractivity contribution in [3.8, 4) is 0 Å². The van der Waals surface area contributed by atoms with Crippen molar-refractivity contribution in [2.24, 2.45) is 10.6 Å². The fourth-order valence-electron chi connectivity index (χ4n) is 2.38. The molecule has 1 atom stereocenters. The number of ether oxygens (including phenoxy) is 1. The molecule has 0 amide bonds. The van der Waals surface area contributed by atoms with E-state index >= 15 is 0 Å². The fraction of sp³-hybridized carbons (Fsp3) is 1.00. The third-order valence-electron chi connectivity index (χ3n) is 3.45. The van der Waals surface area contributed by atoms with Crippen LogP contribution in [0.1, 0.15) is 19.3 Å². The minimum absolute atomic E-state index is 0.0606. The van der Waals surface area contributed by atoms with Gasteiger partial charge in [-0.1, -0.05) is 5.18 Å². The highest BCUT2D eigenvalue weighted by molar-refractivity contribution is 4.98. The summed E-state index contributed by atoms with van der Waals surface area (Å²) < 4.78 is 40.0. The zero-order valence-corrected chi connectivity index (χ0v) is 9.37. The zero-order chi connectivity index (χ0) is 12.5. The summed E-state index contributed by atoms with van der Waals surface area (Å²) in [4.78, 5) is 12.2. The molecule has 0 aromatic rings. The number of nitroso groups, excluding NO2 is 1. The van der Waals surface area contributed by atoms with E-state index in [4.69, 9.17) is 0 Å². The molecule has 0 radical (unpaired) electrons. The molecular weight excluding hydrogens is 237 g/mol. The van der Waals surface area contributed by atoms with E-state index in [1.165, 1.54) is 0 Å². The van der Waals surface area contributed by atoms with Crippen molar-refractivity contribution < 1.29 is 17.9 Å². The molecule has 1 saturated heterocycles. The molecule has 1 heterocycles. The van der Waals surface area contributed by atoms with E-state index in [0.717, 1.165) is 12.8 Å². The third-order valence-corrected chi connectivity index (χ3v) is 3.45. The summed E-state index contributed by atoms with van der Waals surface area (Å²) in [5, 5.41) is 2.90. The van der Waals surface area contributed by atoms with E-state index in [2.05, 4.69) is 9.91 Å². The molecule has 1 aliphatic heterocycles. The van der Waals surface area contributed by atoms with E-state index in [-0.39, 0.29) is 12.0 Å². The number of hydrogen-bond acceptors (Lipinski definition) is 4. The van der Waals surface area contributed by atoms with Gasteiger partial charge in [-0.05, 0) is 19.3 Å². The number of nitrogens with zero attached hydrogens (tertiary/aromatic N) is 2. The SMILES string of the molecule is O=NCC1(CN2CCC(OC(F)(F)F)C2)CC1. The van der Waals surface area contributed by atoms with Gasteiger partial charge >= 0.3 is 6.36 Å². The highest BCUT2D eigenvalue weighted by atomic mass is 19.4. The average molecular weight is 252 g/mol. The normalized spacial score (nSPS) is 28.3. The zero-order valence-electron chi connectivity index (χ0n) is 9.37. The molecule has 1 saturated carbocycles. The summed E-state index contributed by atoms with van der Waals surface area (Å²) in [6, 6.07) is 0. The van der Waals surface area contributed by atoms with Crippen molar-refractivity contribution in [3.63, 3.8) is 0 Å². The highest BCUT2D eigenvalue weighted by Crippen LogP contribution is 2.47. The molecule has 1 unspecified atom stereocenters. The lowest BCUT2D eigenvalue weighted by Crippen LogP contribution is -2.32. The van der Waals surface area contributed by atoms with Crippen molar-refractivity contribution in [1.82, 2.24) is 4.90 Å². The largest absolute Gasteiger partial charge is 0.522 e. The Bertz CT molecular complexity index is 292. The van der Waals surface area contributed by atoms with Crippen molar-refractivity contribution >= 4 is 0 Å². The molecule has 7 heteroatoms. The lowest BCUT2D eigenvalue weighted by Gasteiger charge is -2.21. The molecule has 17 heavy (non-hydrogen) atoms. The van der Waals surface area contributed by atoms with Crippen LogP contribution in [0.25, 0.3) is 0 Å². The molecule has 98 valence electrons. The standard InChI is InChI=1S/C10H15F3N2O2/c11-10(12,13)17-8-1-4-15(5-8)7-9(2-3-9)6-14-16/h8H,1-7H2. The summed E-state index contributed by atoms with van der Waals surface area (Å²) in [6.45, 7) is 1.83. The number of likely N-dealkylation sites (tertiary alicyclic amines) is 1. The van der Waals surface area contributed by atoms with Gasteiger partial charge in [-0.25, -0.2) is 0 Å². The van der Waals surface area contributed by atoms with Crippen LogP contribution >= 0.6 is 0 Å². The van der Waals surface area contributed by atoms with Crippen LogP contribution in [-0.2, 0) is 4.74 Å². The number of alkyl halides is 3. The first-order valence-electron chi connectivity index (χ1n) is 5.68. The Hall–Kier alpha value is -0.690. The maximum Gasteiger partial charge on any atom is 0.522 e. The van der Waals surface area contributed by atoms with Crippen LogP contribution in [0.15, 0.2) is 5.18 Å². The van der Waals surface area contributed by atoms with Gasteiger partial charge in [0.05, 0.1) is 12.6 Å². The van der Waals surface area contributed by atoms with Crippen LogP contribution in [0.2, 0.25) is 0 Å². The first-order valence-corrected chi connectivity index (χ1v) is 5.68. The van der Waals surface area contributed by atoms with Gasteiger partial charge in [0, 0.05) is 25.0 Å². The summed E-state index contributed by atoms with van der Waals surface area (Å²) in [6.07, 6.45) is -3.04. The van der Waals surface area contributed by atoms with Gasteiger partial charge in [0.15, 0.2) is 0 Å². The Morgan fingerprint density at radius 2 is 2.12 bits per heavy atom. The van der Waals surface area contributed by atoms with Crippen LogP contribution < -0.4 is 0 Å². The van der Waals surface area contributed by atoms with Crippen LogP contribution in [0, 0.1) is 10.3 Å². The quantitative estimate of drug-likeness (QED) is 0.704. The lowest BCUT2D eigenvalue weighted by molar-refractivity contribution is -0.340. The van der Waals surface area contributed by atoms with E-state index in [1.807, 2.05) is 4.90 Å². The number of hydrogen-bond donors (Lipinski definition) is 0. The van der Waals surface area contributed by atoms with Crippen molar-refractivity contribution in [3.05, 3.63) is 4.91 Å². The topological polar surface area (TPSA) is 41.9 Å². The van der Waals surface area contributed by atoms with Crippen molar-refractivity contribution in [2.75, 3.05) is 26.2 Å². The summed E-state index contributed by atoms with van der Waals surface area (Å²) in [5.41, 5.74) is -0.0606. The second kappa shape index (κ2) is 4.53. The molecule has 2 rings (SSSR count). The van der Waals surface area contributed by atoms with Gasteiger partial charge in [0.2, 0.25) is 0 Å². The Balaban J connectivity index is 1.76. The predicted octanol–water partition coefficient (Wildman–Crippen LogP) is 2.14. The van der Waals surface area contributed by atoms with E-state index in [1.54, 1.807) is 0 Å². The minimum atomic E-state index is -4.55. The first-order chi connectivity index (χ1) is 7.92. The van der Waals surface area contributed by atoms with E-state index in [9.17, 15) is 18.1 Å². The first kappa shape index (κ1) is 12.8. The minimum Gasteiger partial charge on any atom is -0.300 e. The van der Waals surface area contributed by atoms with Gasteiger partial charge in [0.1, 0.15) is 0 Å². The molecular formula is C10H15F3N2O2. The van der Waals surface area contributed by atoms with Gasteiger partial charge in [-0.2, -0.15) is 4.91 Å². The average Bonchev–Trinajstić information content (AvgIpc) is 2.79. The van der Waals surface area contributed by atoms with Gasteiger partial charge in [-0.3, -0.25) is 4.74 Å². The molecule has 2 aliphatic rings. The molecule has 0 aromatic heterocycles. The van der Waals surface area contributed by atoms with Gasteiger partial charge < -0.3 is 4.90 Å². The second-order valence-electron chi connectivity index (χ2n) is 5.00. The Kier molecular flexibility index (Phi) is 3.40. The molecule has 1 aliphatic carbocycles. The molecule has 0 N–H and O–H groups in total. The third kappa shape index (κ3) is 3.64. The molecule has 0 aromatic carbocycles. The molecule has 0 spiro atoms. The smallest absolute Gasteiger partial charge is 0.300 e. The van der Waals surface area contributed by atoms with Gasteiger partial charge in [-0.15, -0.1) is 13.2 Å². The summed E-state index contributed by atoms with van der Waals surface area (Å²) >= 11 is 0. The molecule has 0 bridgehead atoms. The fourth-order valence-corrected chi connectivity index (χ4v) is 2.38. The lowest BCUT2D eigenvalue weighted by atomic mass is 10.1. The molecule has 2 fully saturated rings. The maximum atomic E-state index is 12.0. The van der Waals surface area contributed by atoms with Crippen LogP contribution in [0.5, 0.6) is 0 Å². The van der Waals surface area contributed by atoms with Gasteiger partial charge in [0.25, 0.3) is 0 Å². The predicted molar refractivity (Wildman–Crippen MR) is 54.3 cm³/mol. The number of halogens is 3. The Labute approximate surface area is 97.1 Å².